The molecule has 72 valence electrons. The van der Waals surface area contributed by atoms with E-state index in [-0.39, 0.29) is 6.10 Å². The van der Waals surface area contributed by atoms with Gasteiger partial charge >= 0.3 is 0 Å². The van der Waals surface area contributed by atoms with Crippen LogP contribution < -0.4 is 0 Å². The molecule has 13 heavy (non-hydrogen) atoms. The van der Waals surface area contributed by atoms with Crippen molar-refractivity contribution in [3.63, 3.8) is 0 Å². The molecule has 0 saturated carbocycles. The van der Waals surface area contributed by atoms with E-state index in [0.29, 0.717) is 6.47 Å². The van der Waals surface area contributed by atoms with E-state index in [1.807, 2.05) is 32.0 Å². The molecule has 1 aromatic heterocycles. The van der Waals surface area contributed by atoms with E-state index in [1.165, 1.54) is 0 Å². The first kappa shape index (κ1) is 11.6. The Morgan fingerprint density at radius 3 is 2.15 bits per heavy atom. The molecule has 0 aliphatic carbocycles. The highest BCUT2D eigenvalue weighted by molar-refractivity contribution is 5.37. The topological polar surface area (TPSA) is 39.2 Å². The molecule has 0 aromatic carbocycles. The summed E-state index contributed by atoms with van der Waals surface area (Å²) in [5.41, 5.74) is 0. The summed E-state index contributed by atoms with van der Waals surface area (Å²) in [6, 6.07) is 5.72. The molecule has 1 atom stereocenters. The number of nitrogens with zero attached hydrogens (tertiary/aromatic N) is 1. The van der Waals surface area contributed by atoms with Crippen LogP contribution in [0, 0.1) is 0 Å². The molecule has 0 amide bonds. The smallest absolute Gasteiger partial charge is 0.293 e. The molecule has 3 nitrogen and oxygen atoms in total. The lowest BCUT2D eigenvalue weighted by molar-refractivity contribution is -0.132. The van der Waals surface area contributed by atoms with E-state index in [1.54, 1.807) is 12.4 Å². The van der Waals surface area contributed by atoms with Crippen LogP contribution in [0.1, 0.15) is 20.3 Å². The van der Waals surface area contributed by atoms with Gasteiger partial charge in [-0.3, -0.25) is 9.78 Å². The summed E-state index contributed by atoms with van der Waals surface area (Å²) in [5.74, 6) is 0. The number of carbonyl (C=O) groups is 1. The molecular formula is C10H15NO2. The lowest BCUT2D eigenvalue weighted by Gasteiger charge is -2.02. The van der Waals surface area contributed by atoms with Crippen LogP contribution in [-0.4, -0.2) is 17.6 Å². The van der Waals surface area contributed by atoms with E-state index in [0.717, 1.165) is 6.42 Å². The van der Waals surface area contributed by atoms with E-state index in [2.05, 4.69) is 9.72 Å². The Hall–Kier alpha value is -1.38. The molecule has 3 heteroatoms. The molecule has 1 unspecified atom stereocenters. The summed E-state index contributed by atoms with van der Waals surface area (Å²) in [6.45, 7) is 4.30. The number of rotatable bonds is 3. The Morgan fingerprint density at radius 2 is 2.00 bits per heavy atom. The van der Waals surface area contributed by atoms with E-state index in [4.69, 9.17) is 0 Å². The molecule has 1 rings (SSSR count). The van der Waals surface area contributed by atoms with E-state index in [9.17, 15) is 4.79 Å². The lowest BCUT2D eigenvalue weighted by Crippen LogP contribution is -2.03. The van der Waals surface area contributed by atoms with Crippen molar-refractivity contribution in [2.45, 2.75) is 26.4 Å². The molecule has 0 saturated heterocycles. The molecule has 0 radical (unpaired) electrons. The zero-order valence-electron chi connectivity index (χ0n) is 8.01. The summed E-state index contributed by atoms with van der Waals surface area (Å²) in [7, 11) is 0. The number of carbonyl (C=O) groups excluding carboxylic acids is 1. The fourth-order valence-electron chi connectivity index (χ4n) is 0.504. The van der Waals surface area contributed by atoms with Gasteiger partial charge in [-0.2, -0.15) is 0 Å². The van der Waals surface area contributed by atoms with Crippen molar-refractivity contribution in [1.29, 1.82) is 0 Å². The molecule has 0 aliphatic heterocycles. The van der Waals surface area contributed by atoms with Crippen LogP contribution in [0.25, 0.3) is 0 Å². The average molecular weight is 181 g/mol. The zero-order chi connectivity index (χ0) is 9.94. The summed E-state index contributed by atoms with van der Waals surface area (Å²) in [6.07, 6.45) is 4.47. The first-order chi connectivity index (χ1) is 6.31. The number of hydrogen-bond donors (Lipinski definition) is 0. The summed E-state index contributed by atoms with van der Waals surface area (Å²) in [5, 5.41) is 0. The average Bonchev–Trinajstić information content (AvgIpc) is 2.22. The van der Waals surface area contributed by atoms with Gasteiger partial charge < -0.3 is 4.74 Å². The lowest BCUT2D eigenvalue weighted by atomic mass is 10.3. The Bertz CT molecular complexity index is 175. The molecule has 0 fully saturated rings. The predicted molar refractivity (Wildman–Crippen MR) is 51.1 cm³/mol. The highest BCUT2D eigenvalue weighted by Crippen LogP contribution is 1.90. The van der Waals surface area contributed by atoms with Crippen molar-refractivity contribution >= 4 is 6.47 Å². The van der Waals surface area contributed by atoms with Crippen molar-refractivity contribution in [3.8, 4) is 0 Å². The maximum absolute atomic E-state index is 9.55. The van der Waals surface area contributed by atoms with Crippen LogP contribution in [-0.2, 0) is 9.53 Å². The SMILES string of the molecule is CCC(C)OC=O.c1ccncc1. The zero-order valence-corrected chi connectivity index (χ0v) is 8.01. The van der Waals surface area contributed by atoms with Crippen molar-refractivity contribution < 1.29 is 9.53 Å². The van der Waals surface area contributed by atoms with Gasteiger partial charge in [0.25, 0.3) is 6.47 Å². The van der Waals surface area contributed by atoms with Gasteiger partial charge in [-0.25, -0.2) is 0 Å². The van der Waals surface area contributed by atoms with Gasteiger partial charge in [0, 0.05) is 12.4 Å². The van der Waals surface area contributed by atoms with Crippen LogP contribution in [0.2, 0.25) is 0 Å². The Labute approximate surface area is 78.8 Å². The van der Waals surface area contributed by atoms with Gasteiger partial charge in [-0.15, -0.1) is 0 Å². The minimum Gasteiger partial charge on any atom is -0.465 e. The largest absolute Gasteiger partial charge is 0.465 e. The molecule has 1 aromatic rings. The number of aromatic nitrogens is 1. The van der Waals surface area contributed by atoms with Gasteiger partial charge in [-0.05, 0) is 25.5 Å². The molecule has 1 heterocycles. The normalized spacial score (nSPS) is 10.6. The third kappa shape index (κ3) is 8.53. The maximum atomic E-state index is 9.55. The van der Waals surface area contributed by atoms with E-state index >= 15 is 0 Å². The first-order valence-electron chi connectivity index (χ1n) is 4.25. The Morgan fingerprint density at radius 1 is 1.38 bits per heavy atom. The summed E-state index contributed by atoms with van der Waals surface area (Å²) >= 11 is 0. The van der Waals surface area contributed by atoms with Crippen LogP contribution in [0.15, 0.2) is 30.6 Å². The van der Waals surface area contributed by atoms with Gasteiger partial charge in [0.1, 0.15) is 0 Å². The minimum atomic E-state index is 0.0810. The second-order valence-electron chi connectivity index (χ2n) is 2.48. The third-order valence-corrected chi connectivity index (χ3v) is 1.43. The molecular weight excluding hydrogens is 166 g/mol. The summed E-state index contributed by atoms with van der Waals surface area (Å²) in [4.78, 5) is 13.3. The maximum Gasteiger partial charge on any atom is 0.293 e. The standard InChI is InChI=1S/C5H5N.C5H10O2/c1-2-4-6-5-3-1;1-3-5(2)7-4-6/h1-5H;4-5H,3H2,1-2H3. The Kier molecular flexibility index (Phi) is 7.79. The van der Waals surface area contributed by atoms with Gasteiger partial charge in [0.15, 0.2) is 0 Å². The monoisotopic (exact) mass is 181 g/mol. The highest BCUT2D eigenvalue weighted by atomic mass is 16.5. The minimum absolute atomic E-state index is 0.0810. The second-order valence-corrected chi connectivity index (χ2v) is 2.48. The number of pyridine rings is 1. The Balaban J connectivity index is 0.000000223. The van der Waals surface area contributed by atoms with Gasteiger partial charge in [0.2, 0.25) is 0 Å². The van der Waals surface area contributed by atoms with Crippen LogP contribution in [0.4, 0.5) is 0 Å². The van der Waals surface area contributed by atoms with Crippen molar-refractivity contribution in [1.82, 2.24) is 4.98 Å². The van der Waals surface area contributed by atoms with Crippen molar-refractivity contribution in [3.05, 3.63) is 30.6 Å². The van der Waals surface area contributed by atoms with Gasteiger partial charge in [-0.1, -0.05) is 13.0 Å². The van der Waals surface area contributed by atoms with E-state index < -0.39 is 0 Å². The molecule has 0 bridgehead atoms. The second kappa shape index (κ2) is 8.71. The fraction of sp³-hybridized carbons (Fsp3) is 0.400. The van der Waals surface area contributed by atoms with Crippen LogP contribution in [0.3, 0.4) is 0 Å². The number of ether oxygens (including phenoxy) is 1. The third-order valence-electron chi connectivity index (χ3n) is 1.43. The van der Waals surface area contributed by atoms with Crippen LogP contribution >= 0.6 is 0 Å². The van der Waals surface area contributed by atoms with Crippen molar-refractivity contribution in [2.75, 3.05) is 0 Å². The van der Waals surface area contributed by atoms with Crippen molar-refractivity contribution in [2.24, 2.45) is 0 Å². The molecule has 0 N–H and O–H groups in total. The highest BCUT2D eigenvalue weighted by Gasteiger charge is 1.92. The summed E-state index contributed by atoms with van der Waals surface area (Å²) < 4.78 is 4.51. The fourth-order valence-corrected chi connectivity index (χ4v) is 0.504. The number of hydrogen-bond acceptors (Lipinski definition) is 3. The molecule has 0 aliphatic rings. The quantitative estimate of drug-likeness (QED) is 0.670. The van der Waals surface area contributed by atoms with Crippen LogP contribution in [0.5, 0.6) is 0 Å². The predicted octanol–water partition coefficient (Wildman–Crippen LogP) is 2.04. The molecule has 0 spiro atoms. The first-order valence-corrected chi connectivity index (χ1v) is 4.25. The van der Waals surface area contributed by atoms with Gasteiger partial charge in [0.05, 0.1) is 6.10 Å².